The third-order valence-electron chi connectivity index (χ3n) is 1.20. The van der Waals surface area contributed by atoms with Gasteiger partial charge in [-0.3, -0.25) is 4.79 Å². The van der Waals surface area contributed by atoms with Gasteiger partial charge in [-0.1, -0.05) is 0 Å². The molecule has 0 atom stereocenters. The number of hydrogen-bond donors (Lipinski definition) is 2. The second-order valence-electron chi connectivity index (χ2n) is 1.94. The molecule has 0 saturated heterocycles. The summed E-state index contributed by atoms with van der Waals surface area (Å²) in [6.45, 7) is 1.48. The Morgan fingerprint density at radius 3 is 2.80 bits per heavy atom. The van der Waals surface area contributed by atoms with E-state index in [0.29, 0.717) is 0 Å². The summed E-state index contributed by atoms with van der Waals surface area (Å²) in [4.78, 5) is 12.9. The molecular weight excluding hydrogens is 137 g/mol. The second kappa shape index (κ2) is 2.13. The van der Waals surface area contributed by atoms with E-state index in [9.17, 15) is 9.18 Å². The van der Waals surface area contributed by atoms with Crippen LogP contribution in [0.3, 0.4) is 0 Å². The Morgan fingerprint density at radius 2 is 2.30 bits per heavy atom. The van der Waals surface area contributed by atoms with Crippen molar-refractivity contribution in [3.63, 3.8) is 0 Å². The van der Waals surface area contributed by atoms with Gasteiger partial charge in [0.1, 0.15) is 0 Å². The molecule has 0 aliphatic rings. The van der Waals surface area contributed by atoms with Crippen LogP contribution >= 0.6 is 0 Å². The summed E-state index contributed by atoms with van der Waals surface area (Å²) >= 11 is 0. The largest absolute Gasteiger partial charge is 0.503 e. The average Bonchev–Trinajstić information content (AvgIpc) is 1.93. The highest BCUT2D eigenvalue weighted by molar-refractivity contribution is 5.24. The van der Waals surface area contributed by atoms with Crippen LogP contribution in [0.5, 0.6) is 5.75 Å². The highest BCUT2D eigenvalue weighted by Crippen LogP contribution is 2.05. The number of aryl methyl sites for hydroxylation is 1. The van der Waals surface area contributed by atoms with E-state index >= 15 is 0 Å². The monoisotopic (exact) mass is 143 g/mol. The third-order valence-corrected chi connectivity index (χ3v) is 1.20. The topological polar surface area (TPSA) is 53.1 Å². The SMILES string of the molecule is Cc1[nH]cc(F)c(=O)c1O. The summed E-state index contributed by atoms with van der Waals surface area (Å²) in [5.74, 6) is -1.52. The van der Waals surface area contributed by atoms with Gasteiger partial charge in [0.15, 0.2) is 11.6 Å². The van der Waals surface area contributed by atoms with Gasteiger partial charge in [-0.2, -0.15) is 0 Å². The molecule has 3 nitrogen and oxygen atoms in total. The lowest BCUT2D eigenvalue weighted by atomic mass is 10.3. The van der Waals surface area contributed by atoms with Crippen LogP contribution in [-0.2, 0) is 0 Å². The Kier molecular flexibility index (Phi) is 1.45. The minimum absolute atomic E-state index is 0.270. The van der Waals surface area contributed by atoms with Crippen LogP contribution in [0, 0.1) is 12.7 Å². The van der Waals surface area contributed by atoms with Crippen LogP contribution in [0.1, 0.15) is 5.69 Å². The molecular formula is C6H6FNO2. The van der Waals surface area contributed by atoms with Crippen LogP contribution in [0.15, 0.2) is 11.0 Å². The molecule has 0 aliphatic carbocycles. The maximum Gasteiger partial charge on any atom is 0.258 e. The molecule has 1 rings (SSSR count). The third kappa shape index (κ3) is 0.877. The quantitative estimate of drug-likeness (QED) is 0.556. The molecule has 0 saturated carbocycles. The van der Waals surface area contributed by atoms with Crippen molar-refractivity contribution in [3.05, 3.63) is 27.9 Å². The predicted octanol–water partition coefficient (Wildman–Crippen LogP) is 0.528. The maximum absolute atomic E-state index is 12.3. The Bertz CT molecular complexity index is 305. The minimum atomic E-state index is -0.969. The number of hydrogen-bond acceptors (Lipinski definition) is 2. The number of nitrogens with one attached hydrogen (secondary N) is 1. The van der Waals surface area contributed by atoms with E-state index < -0.39 is 17.0 Å². The Morgan fingerprint density at radius 1 is 1.70 bits per heavy atom. The fraction of sp³-hybridized carbons (Fsp3) is 0.167. The van der Waals surface area contributed by atoms with Crippen LogP contribution in [-0.4, -0.2) is 10.1 Å². The molecule has 0 spiro atoms. The number of halogens is 1. The van der Waals surface area contributed by atoms with E-state index in [1.165, 1.54) is 6.92 Å². The Labute approximate surface area is 56.1 Å². The highest BCUT2D eigenvalue weighted by atomic mass is 19.1. The van der Waals surface area contributed by atoms with Gasteiger partial charge >= 0.3 is 0 Å². The van der Waals surface area contributed by atoms with Crippen molar-refractivity contribution in [2.45, 2.75) is 6.92 Å². The van der Waals surface area contributed by atoms with Crippen molar-refractivity contribution in [1.29, 1.82) is 0 Å². The maximum atomic E-state index is 12.3. The number of aromatic amines is 1. The van der Waals surface area contributed by atoms with E-state index in [-0.39, 0.29) is 5.69 Å². The zero-order valence-electron chi connectivity index (χ0n) is 5.31. The molecule has 1 aromatic rings. The van der Waals surface area contributed by atoms with Crippen molar-refractivity contribution < 1.29 is 9.50 Å². The zero-order valence-corrected chi connectivity index (χ0v) is 5.31. The number of rotatable bonds is 0. The van der Waals surface area contributed by atoms with E-state index in [2.05, 4.69) is 4.98 Å². The number of H-pyrrole nitrogens is 1. The number of pyridine rings is 1. The van der Waals surface area contributed by atoms with Gasteiger partial charge in [-0.25, -0.2) is 4.39 Å². The lowest BCUT2D eigenvalue weighted by Crippen LogP contribution is -2.07. The standard InChI is InChI=1S/C6H6FNO2/c1-3-5(9)6(10)4(7)2-8-3/h2,9H,1H3,(H,8,10). The first-order chi connectivity index (χ1) is 4.63. The van der Waals surface area contributed by atoms with Gasteiger partial charge in [0, 0.05) is 6.20 Å². The molecule has 10 heavy (non-hydrogen) atoms. The summed E-state index contributed by atoms with van der Waals surface area (Å²) in [5.41, 5.74) is -0.692. The van der Waals surface area contributed by atoms with Crippen LogP contribution < -0.4 is 5.43 Å². The molecule has 0 radical (unpaired) electrons. The lowest BCUT2D eigenvalue weighted by molar-refractivity contribution is 0.452. The van der Waals surface area contributed by atoms with E-state index in [0.717, 1.165) is 6.20 Å². The van der Waals surface area contributed by atoms with Gasteiger partial charge in [0.2, 0.25) is 0 Å². The summed E-state index contributed by atoms with van der Waals surface area (Å²) in [6.07, 6.45) is 0.914. The fourth-order valence-electron chi connectivity index (χ4n) is 0.589. The second-order valence-corrected chi connectivity index (χ2v) is 1.94. The average molecular weight is 143 g/mol. The minimum Gasteiger partial charge on any atom is -0.503 e. The first kappa shape index (κ1) is 6.80. The van der Waals surface area contributed by atoms with E-state index in [1.54, 1.807) is 0 Å². The molecule has 0 bridgehead atoms. The normalized spacial score (nSPS) is 9.80. The van der Waals surface area contributed by atoms with E-state index in [4.69, 9.17) is 5.11 Å². The highest BCUT2D eigenvalue weighted by Gasteiger charge is 2.04. The van der Waals surface area contributed by atoms with Crippen LogP contribution in [0.2, 0.25) is 0 Å². The van der Waals surface area contributed by atoms with Gasteiger partial charge in [0.25, 0.3) is 5.43 Å². The predicted molar refractivity (Wildman–Crippen MR) is 33.4 cm³/mol. The van der Waals surface area contributed by atoms with Gasteiger partial charge in [0.05, 0.1) is 5.69 Å². The Balaban J connectivity index is 3.50. The molecule has 0 aliphatic heterocycles. The molecule has 0 amide bonds. The zero-order chi connectivity index (χ0) is 7.72. The molecule has 0 unspecified atom stereocenters. The summed E-state index contributed by atoms with van der Waals surface area (Å²) in [5, 5.41) is 8.80. The fourth-order valence-corrected chi connectivity index (χ4v) is 0.589. The van der Waals surface area contributed by atoms with Crippen molar-refractivity contribution in [1.82, 2.24) is 4.98 Å². The van der Waals surface area contributed by atoms with Gasteiger partial charge < -0.3 is 10.1 Å². The molecule has 54 valence electrons. The summed E-state index contributed by atoms with van der Waals surface area (Å²) in [6, 6.07) is 0. The van der Waals surface area contributed by atoms with Crippen molar-refractivity contribution in [2.75, 3.05) is 0 Å². The molecule has 0 fully saturated rings. The van der Waals surface area contributed by atoms with Crippen molar-refractivity contribution >= 4 is 0 Å². The van der Waals surface area contributed by atoms with Gasteiger partial charge in [-0.05, 0) is 6.92 Å². The first-order valence-electron chi connectivity index (χ1n) is 2.69. The molecule has 2 N–H and O–H groups in total. The lowest BCUT2D eigenvalue weighted by Gasteiger charge is -1.95. The number of aromatic hydroxyl groups is 1. The Hall–Kier alpha value is -1.32. The molecule has 4 heteroatoms. The summed E-state index contributed by atoms with van der Waals surface area (Å²) in [7, 11) is 0. The van der Waals surface area contributed by atoms with E-state index in [1.807, 2.05) is 0 Å². The summed E-state index contributed by atoms with van der Waals surface area (Å²) < 4.78 is 12.3. The van der Waals surface area contributed by atoms with Crippen molar-refractivity contribution in [2.24, 2.45) is 0 Å². The first-order valence-corrected chi connectivity index (χ1v) is 2.69. The van der Waals surface area contributed by atoms with Gasteiger partial charge in [-0.15, -0.1) is 0 Å². The molecule has 1 heterocycles. The smallest absolute Gasteiger partial charge is 0.258 e. The molecule has 1 aromatic heterocycles. The molecule has 0 aromatic carbocycles. The van der Waals surface area contributed by atoms with Crippen LogP contribution in [0.4, 0.5) is 4.39 Å². The van der Waals surface area contributed by atoms with Crippen molar-refractivity contribution in [3.8, 4) is 5.75 Å². The van der Waals surface area contributed by atoms with Crippen LogP contribution in [0.25, 0.3) is 0 Å². The number of aromatic nitrogens is 1.